The summed E-state index contributed by atoms with van der Waals surface area (Å²) >= 11 is 1.55. The van der Waals surface area contributed by atoms with Crippen molar-refractivity contribution >= 4 is 23.5 Å². The third-order valence-corrected chi connectivity index (χ3v) is 5.89. The van der Waals surface area contributed by atoms with Crippen LogP contribution in [-0.2, 0) is 4.79 Å². The average molecular weight is 412 g/mol. The van der Waals surface area contributed by atoms with Gasteiger partial charge in [0.05, 0.1) is 28.5 Å². The SMILES string of the molecule is Cc1nn(-c2ccc(F)cc2)c2c1C(c1ccccc1OC(C)C)SCC(=O)N2. The topological polar surface area (TPSA) is 56.2 Å². The number of rotatable bonds is 4. The van der Waals surface area contributed by atoms with Crippen LogP contribution in [-0.4, -0.2) is 27.5 Å². The molecule has 0 radical (unpaired) electrons. The van der Waals surface area contributed by atoms with Gasteiger partial charge in [-0.25, -0.2) is 9.07 Å². The van der Waals surface area contributed by atoms with E-state index in [0.717, 1.165) is 22.6 Å². The number of nitrogens with zero attached hydrogens (tertiary/aromatic N) is 2. The van der Waals surface area contributed by atoms with Crippen LogP contribution in [0.2, 0.25) is 0 Å². The number of fused-ring (bicyclic) bond motifs is 1. The van der Waals surface area contributed by atoms with E-state index in [1.807, 2.05) is 45.0 Å². The predicted octanol–water partition coefficient (Wildman–Crippen LogP) is 4.88. The van der Waals surface area contributed by atoms with Crippen LogP contribution in [0.1, 0.15) is 35.9 Å². The lowest BCUT2D eigenvalue weighted by molar-refractivity contribution is -0.113. The molecule has 29 heavy (non-hydrogen) atoms. The minimum Gasteiger partial charge on any atom is -0.491 e. The number of hydrogen-bond donors (Lipinski definition) is 1. The maximum Gasteiger partial charge on any atom is 0.235 e. The van der Waals surface area contributed by atoms with E-state index in [0.29, 0.717) is 17.3 Å². The number of anilines is 1. The van der Waals surface area contributed by atoms with Gasteiger partial charge < -0.3 is 10.1 Å². The Kier molecular flexibility index (Phi) is 5.32. The largest absolute Gasteiger partial charge is 0.491 e. The summed E-state index contributed by atoms with van der Waals surface area (Å²) in [4.78, 5) is 12.5. The minimum absolute atomic E-state index is 0.0363. The summed E-state index contributed by atoms with van der Waals surface area (Å²) in [6.07, 6.45) is 0.0363. The third-order valence-electron chi connectivity index (χ3n) is 4.64. The fourth-order valence-corrected chi connectivity index (χ4v) is 4.67. The monoisotopic (exact) mass is 411 g/mol. The molecule has 0 saturated heterocycles. The van der Waals surface area contributed by atoms with E-state index < -0.39 is 0 Å². The Morgan fingerprint density at radius 1 is 1.21 bits per heavy atom. The van der Waals surface area contributed by atoms with Crippen molar-refractivity contribution in [1.82, 2.24) is 9.78 Å². The molecule has 7 heteroatoms. The maximum atomic E-state index is 13.4. The predicted molar refractivity (Wildman–Crippen MR) is 113 cm³/mol. The first-order valence-electron chi connectivity index (χ1n) is 9.46. The highest BCUT2D eigenvalue weighted by Crippen LogP contribution is 2.46. The number of aromatic nitrogens is 2. The summed E-state index contributed by atoms with van der Waals surface area (Å²) in [5, 5.41) is 7.53. The van der Waals surface area contributed by atoms with Gasteiger partial charge in [-0.2, -0.15) is 5.10 Å². The normalized spacial score (nSPS) is 16.3. The van der Waals surface area contributed by atoms with Gasteiger partial charge in [-0.3, -0.25) is 4.79 Å². The van der Waals surface area contributed by atoms with Gasteiger partial charge in [0.15, 0.2) is 0 Å². The van der Waals surface area contributed by atoms with Crippen molar-refractivity contribution in [2.45, 2.75) is 32.1 Å². The molecule has 0 fully saturated rings. The Hall–Kier alpha value is -2.80. The molecule has 150 valence electrons. The van der Waals surface area contributed by atoms with Crippen molar-refractivity contribution < 1.29 is 13.9 Å². The standard InChI is InChI=1S/C22H22FN3O2S/c1-13(2)28-18-7-5-4-6-17(18)21-20-14(3)25-26(16-10-8-15(23)9-11-16)22(20)24-19(27)12-29-21/h4-11,13,21H,12H2,1-3H3,(H,24,27). The van der Waals surface area contributed by atoms with E-state index in [-0.39, 0.29) is 23.1 Å². The van der Waals surface area contributed by atoms with Crippen molar-refractivity contribution in [3.8, 4) is 11.4 Å². The summed E-state index contributed by atoms with van der Waals surface area (Å²) in [5.74, 6) is 1.32. The molecule has 1 atom stereocenters. The Balaban J connectivity index is 1.87. The van der Waals surface area contributed by atoms with Crippen LogP contribution < -0.4 is 10.1 Å². The number of hydrogen-bond acceptors (Lipinski definition) is 4. The second kappa shape index (κ2) is 7.91. The second-order valence-corrected chi connectivity index (χ2v) is 8.27. The van der Waals surface area contributed by atoms with Crippen LogP contribution in [0, 0.1) is 12.7 Å². The smallest absolute Gasteiger partial charge is 0.235 e. The molecule has 1 amide bonds. The number of carbonyl (C=O) groups is 1. The highest BCUT2D eigenvalue weighted by Gasteiger charge is 2.32. The van der Waals surface area contributed by atoms with Crippen LogP contribution in [0.3, 0.4) is 0 Å². The highest BCUT2D eigenvalue weighted by molar-refractivity contribution is 8.00. The maximum absolute atomic E-state index is 13.4. The lowest BCUT2D eigenvalue weighted by Gasteiger charge is -2.20. The number of benzene rings is 2. The van der Waals surface area contributed by atoms with Crippen LogP contribution in [0.4, 0.5) is 10.2 Å². The van der Waals surface area contributed by atoms with E-state index in [4.69, 9.17) is 4.74 Å². The van der Waals surface area contributed by atoms with Gasteiger partial charge in [0.25, 0.3) is 0 Å². The summed E-state index contributed by atoms with van der Waals surface area (Å²) in [5.41, 5.74) is 3.44. The number of carbonyl (C=O) groups excluding carboxylic acids is 1. The van der Waals surface area contributed by atoms with Crippen LogP contribution in [0.5, 0.6) is 5.75 Å². The van der Waals surface area contributed by atoms with Crippen molar-refractivity contribution in [2.24, 2.45) is 0 Å². The molecule has 1 aliphatic heterocycles. The average Bonchev–Trinajstić information content (AvgIpc) is 2.89. The van der Waals surface area contributed by atoms with Crippen LogP contribution in [0.25, 0.3) is 5.69 Å². The number of halogens is 1. The molecular weight excluding hydrogens is 389 g/mol. The minimum atomic E-state index is -0.319. The van der Waals surface area contributed by atoms with E-state index in [9.17, 15) is 9.18 Å². The van der Waals surface area contributed by atoms with Gasteiger partial charge in [0.2, 0.25) is 5.91 Å². The Labute approximate surface area is 173 Å². The summed E-state index contributed by atoms with van der Waals surface area (Å²) in [6, 6.07) is 14.0. The molecule has 0 bridgehead atoms. The lowest BCUT2D eigenvalue weighted by Crippen LogP contribution is -2.15. The number of para-hydroxylation sites is 1. The van der Waals surface area contributed by atoms with E-state index in [1.54, 1.807) is 28.6 Å². The Bertz CT molecular complexity index is 1050. The number of aryl methyl sites for hydroxylation is 1. The Morgan fingerprint density at radius 3 is 2.66 bits per heavy atom. The number of nitrogens with one attached hydrogen (secondary N) is 1. The van der Waals surface area contributed by atoms with Gasteiger partial charge in [0.1, 0.15) is 17.4 Å². The number of amides is 1. The molecular formula is C22H22FN3O2S. The zero-order valence-corrected chi connectivity index (χ0v) is 17.3. The zero-order chi connectivity index (χ0) is 20.5. The lowest BCUT2D eigenvalue weighted by atomic mass is 10.0. The molecule has 2 aromatic carbocycles. The summed E-state index contributed by atoms with van der Waals surface area (Å²) in [6.45, 7) is 5.91. The fourth-order valence-electron chi connectivity index (χ4n) is 3.46. The molecule has 2 heterocycles. The summed E-state index contributed by atoms with van der Waals surface area (Å²) in [7, 11) is 0. The number of ether oxygens (including phenoxy) is 1. The molecule has 1 aliphatic rings. The molecule has 3 aromatic rings. The first-order valence-corrected chi connectivity index (χ1v) is 10.5. The molecule has 0 aliphatic carbocycles. The first kappa shape index (κ1) is 19.5. The second-order valence-electron chi connectivity index (χ2n) is 7.18. The molecule has 1 aromatic heterocycles. The molecule has 4 rings (SSSR count). The molecule has 5 nitrogen and oxygen atoms in total. The quantitative estimate of drug-likeness (QED) is 0.665. The summed E-state index contributed by atoms with van der Waals surface area (Å²) < 4.78 is 21.1. The van der Waals surface area contributed by atoms with Gasteiger partial charge in [-0.15, -0.1) is 11.8 Å². The van der Waals surface area contributed by atoms with Crippen molar-refractivity contribution in [2.75, 3.05) is 11.1 Å². The van der Waals surface area contributed by atoms with Crippen molar-refractivity contribution in [3.05, 3.63) is 71.2 Å². The Morgan fingerprint density at radius 2 is 1.93 bits per heavy atom. The van der Waals surface area contributed by atoms with Gasteiger partial charge >= 0.3 is 0 Å². The fraction of sp³-hybridized carbons (Fsp3) is 0.273. The highest BCUT2D eigenvalue weighted by atomic mass is 32.2. The van der Waals surface area contributed by atoms with Gasteiger partial charge in [-0.05, 0) is 51.1 Å². The van der Waals surface area contributed by atoms with E-state index in [1.165, 1.54) is 12.1 Å². The van der Waals surface area contributed by atoms with Crippen LogP contribution >= 0.6 is 11.8 Å². The van der Waals surface area contributed by atoms with Crippen LogP contribution in [0.15, 0.2) is 48.5 Å². The zero-order valence-electron chi connectivity index (χ0n) is 16.5. The van der Waals surface area contributed by atoms with Crippen molar-refractivity contribution in [3.63, 3.8) is 0 Å². The van der Waals surface area contributed by atoms with E-state index >= 15 is 0 Å². The third kappa shape index (κ3) is 3.87. The molecule has 0 spiro atoms. The van der Waals surface area contributed by atoms with E-state index in [2.05, 4.69) is 10.4 Å². The molecule has 0 saturated carbocycles. The van der Waals surface area contributed by atoms with Gasteiger partial charge in [0, 0.05) is 11.1 Å². The molecule has 1 N–H and O–H groups in total. The number of thioether (sulfide) groups is 1. The first-order chi connectivity index (χ1) is 13.9. The van der Waals surface area contributed by atoms with Gasteiger partial charge in [-0.1, -0.05) is 18.2 Å². The molecule has 1 unspecified atom stereocenters. The van der Waals surface area contributed by atoms with Crippen molar-refractivity contribution in [1.29, 1.82) is 0 Å².